The first-order valence-corrected chi connectivity index (χ1v) is 50.4. The van der Waals surface area contributed by atoms with Crippen molar-refractivity contribution in [3.8, 4) is 88.8 Å². The molecule has 14 aromatic rings. The Morgan fingerprint density at radius 2 is 0.613 bits per heavy atom. The van der Waals surface area contributed by atoms with E-state index in [-0.39, 0.29) is 34.7 Å². The van der Waals surface area contributed by atoms with E-state index >= 15 is 0 Å². The van der Waals surface area contributed by atoms with Crippen molar-refractivity contribution in [2.75, 3.05) is 109 Å². The van der Waals surface area contributed by atoms with Crippen LogP contribution in [0.15, 0.2) is 267 Å². The molecule has 712 valence electrons. The number of aliphatic hydroxyl groups is 2. The number of anilines is 9. The van der Waals surface area contributed by atoms with E-state index in [1.807, 2.05) is 172 Å². The van der Waals surface area contributed by atoms with Crippen LogP contribution in [0, 0.1) is 0 Å². The van der Waals surface area contributed by atoms with Gasteiger partial charge in [-0.3, -0.25) is 13.9 Å². The topological polar surface area (TPSA) is 231 Å². The number of benzene rings is 11. The molecule has 0 radical (unpaired) electrons. The molecule has 2 N–H and O–H groups in total. The van der Waals surface area contributed by atoms with E-state index < -0.39 is 7.60 Å². The van der Waals surface area contributed by atoms with Crippen molar-refractivity contribution in [3.63, 3.8) is 0 Å². The normalized spacial score (nSPS) is 12.2. The molecule has 6 heterocycles. The summed E-state index contributed by atoms with van der Waals surface area (Å²) < 4.78 is 101. The minimum Gasteiger partial charge on any atom is -0.497 e. The van der Waals surface area contributed by atoms with Gasteiger partial charge in [0, 0.05) is 64.4 Å². The van der Waals surface area contributed by atoms with Gasteiger partial charge in [0.25, 0.3) is 0 Å². The van der Waals surface area contributed by atoms with Gasteiger partial charge < -0.3 is 86.1 Å². The zero-order valence-electron chi connectivity index (χ0n) is 78.6. The van der Waals surface area contributed by atoms with Gasteiger partial charge in [0.15, 0.2) is 40.8 Å². The molecule has 0 aliphatic carbocycles. The summed E-state index contributed by atoms with van der Waals surface area (Å²) in [5.41, 5.74) is 17.4. The minimum absolute atomic E-state index is 0.0233. The average molecular weight is 1940 g/mol. The molecule has 27 heteroatoms. The van der Waals surface area contributed by atoms with E-state index in [1.165, 1.54) is 30.6 Å². The number of fused-ring (bicyclic) bond motifs is 3. The van der Waals surface area contributed by atoms with Gasteiger partial charge in [-0.25, -0.2) is 4.57 Å². The molecular formula is C110H115N3O19P2S3. The Bertz CT molecular complexity index is 5830. The van der Waals surface area contributed by atoms with Crippen LogP contribution >= 0.6 is 50.3 Å². The molecule has 11 aromatic carbocycles. The minimum atomic E-state index is -3.06. The Balaban J connectivity index is 0.000000205. The van der Waals surface area contributed by atoms with Gasteiger partial charge in [-0.1, -0.05) is 154 Å². The number of methoxy groups -OCH3 is 4. The fourth-order valence-corrected chi connectivity index (χ4v) is 20.2. The molecule has 3 aliphatic heterocycles. The van der Waals surface area contributed by atoms with Crippen LogP contribution in [0.4, 0.5) is 51.2 Å². The van der Waals surface area contributed by atoms with Crippen LogP contribution in [0.3, 0.4) is 0 Å². The number of ether oxygens (including phenoxy) is 11. The number of aliphatic hydroxyl groups excluding tert-OH is 2. The van der Waals surface area contributed by atoms with Crippen molar-refractivity contribution < 1.29 is 89.8 Å². The molecule has 0 spiro atoms. The maximum atomic E-state index is 12.3. The van der Waals surface area contributed by atoms with Crippen LogP contribution in [-0.4, -0.2) is 111 Å². The molecular weight excluding hydrogens is 1830 g/mol. The molecule has 17 rings (SSSR count). The van der Waals surface area contributed by atoms with E-state index in [0.717, 1.165) is 191 Å². The lowest BCUT2D eigenvalue weighted by Gasteiger charge is -2.26. The highest BCUT2D eigenvalue weighted by molar-refractivity contribution is 7.53. The summed E-state index contributed by atoms with van der Waals surface area (Å²) in [6, 6.07) is 88.7. The van der Waals surface area contributed by atoms with Crippen LogP contribution in [0.5, 0.6) is 57.5 Å². The maximum absolute atomic E-state index is 12.3. The molecule has 137 heavy (non-hydrogen) atoms. The predicted octanol–water partition coefficient (Wildman–Crippen LogP) is 28.9. The Morgan fingerprint density at radius 3 is 0.869 bits per heavy atom. The summed E-state index contributed by atoms with van der Waals surface area (Å²) in [5, 5.41) is 19.4. The number of hydrogen-bond donors (Lipinski definition) is 2. The number of carbonyl (C=O) groups excluding carboxylic acids is 1. The van der Waals surface area contributed by atoms with Crippen LogP contribution in [0.25, 0.3) is 55.6 Å². The van der Waals surface area contributed by atoms with Crippen molar-refractivity contribution in [1.29, 1.82) is 0 Å². The van der Waals surface area contributed by atoms with Gasteiger partial charge in [-0.15, -0.1) is 34.0 Å². The third kappa shape index (κ3) is 26.9. The Labute approximate surface area is 816 Å². The molecule has 3 aromatic heterocycles. The molecule has 0 fully saturated rings. The van der Waals surface area contributed by atoms with Crippen LogP contribution in [-0.2, 0) is 53.4 Å². The van der Waals surface area contributed by atoms with Gasteiger partial charge in [0.2, 0.25) is 0 Å². The van der Waals surface area contributed by atoms with Crippen molar-refractivity contribution in [3.05, 3.63) is 315 Å². The van der Waals surface area contributed by atoms with E-state index in [0.29, 0.717) is 69.2 Å². The summed E-state index contributed by atoms with van der Waals surface area (Å²) in [5.74, 6) is 7.44. The highest BCUT2D eigenvalue weighted by Gasteiger charge is 2.30. The Kier molecular flexibility index (Phi) is 38.5. The quantitative estimate of drug-likeness (QED) is 0.0275. The third-order valence-corrected chi connectivity index (χ3v) is 27.6. The molecule has 0 atom stereocenters. The number of carbonyl (C=O) groups is 1. The standard InChI is InChI=1S/C62H52N2O8S2.C27H23NO5S.C12H18O5P2.C5H12.C4H10O/c1-67-53-29-25-51(26-30-53)64(52-27-31-54(68-2)32-28-52)50-23-15-46(16-24-50)62-60-58(70-36-38-72-60)56(74-62)34-12-42-5-3-41(4-6-42)11-33-55-57-59(71-37-35-69-57)61(73-55)45-13-21-49(22-14-45)63(47-17-7-43(39-65)8-18-47)48-19-9-44(40-66)10-20-48;1-30-22-11-7-20(8-12-22)28(21-9-13-23(31-2)14-10-21)19-5-3-18(4-6-19)27-26-25(24(17-29)34-27)32-15-16-33-26;1-3-16-19(14,17-4-2)10-12-7-5-11(6-8-12)9-15-18-13;2*1-3-5-4-2/h3-34,65-66H,35-40H2,1-2H3;3-14,17H,15-16H2,1-2H3;5-8H,3-4,9-10H2,1-2H3;3-5H2,1-2H3;3-4H2,1-2H3/b33-11+,34-12+;;;;. The monoisotopic (exact) mass is 1940 g/mol. The maximum Gasteiger partial charge on any atom is 0.335 e. The van der Waals surface area contributed by atoms with Crippen molar-refractivity contribution in [2.45, 2.75) is 86.8 Å². The lowest BCUT2D eigenvalue weighted by molar-refractivity contribution is 0.111. The second-order valence-electron chi connectivity index (χ2n) is 30.9. The summed E-state index contributed by atoms with van der Waals surface area (Å²) in [6.45, 7) is 17.5. The summed E-state index contributed by atoms with van der Waals surface area (Å²) >= 11 is 4.69. The zero-order valence-corrected chi connectivity index (χ0v) is 82.8. The van der Waals surface area contributed by atoms with Gasteiger partial charge >= 0.3 is 16.3 Å². The van der Waals surface area contributed by atoms with Crippen molar-refractivity contribution >= 4 is 132 Å². The molecule has 0 saturated carbocycles. The molecule has 22 nitrogen and oxygen atoms in total. The Hall–Kier alpha value is -12.8. The number of unbranched alkanes of at least 4 members (excludes halogenated alkanes) is 2. The first kappa shape index (κ1) is 102. The lowest BCUT2D eigenvalue weighted by atomic mass is 10.1. The van der Waals surface area contributed by atoms with Crippen LogP contribution in [0.1, 0.15) is 114 Å². The second kappa shape index (κ2) is 51.9. The average Bonchev–Trinajstić information content (AvgIpc) is 1.66. The van der Waals surface area contributed by atoms with Gasteiger partial charge in [0.1, 0.15) is 67.5 Å². The van der Waals surface area contributed by atoms with Crippen LogP contribution < -0.4 is 62.1 Å². The first-order valence-electron chi connectivity index (χ1n) is 45.5. The summed E-state index contributed by atoms with van der Waals surface area (Å²) in [7, 11) is 3.26. The van der Waals surface area contributed by atoms with Gasteiger partial charge in [-0.05, 0) is 248 Å². The lowest BCUT2D eigenvalue weighted by Crippen LogP contribution is -2.15. The molecule has 3 aliphatic rings. The van der Waals surface area contributed by atoms with Crippen LogP contribution in [0.2, 0.25) is 0 Å². The highest BCUT2D eigenvalue weighted by Crippen LogP contribution is 2.55. The third-order valence-electron chi connectivity index (χ3n) is 21.9. The molecule has 0 bridgehead atoms. The van der Waals surface area contributed by atoms with E-state index in [9.17, 15) is 24.1 Å². The van der Waals surface area contributed by atoms with E-state index in [4.69, 9.17) is 65.7 Å². The molecule has 0 amide bonds. The smallest absolute Gasteiger partial charge is 0.335 e. The van der Waals surface area contributed by atoms with E-state index in [1.54, 1.807) is 65.0 Å². The largest absolute Gasteiger partial charge is 0.497 e. The first-order chi connectivity index (χ1) is 67.1. The summed E-state index contributed by atoms with van der Waals surface area (Å²) in [6.07, 6.45) is 13.6. The Morgan fingerprint density at radius 1 is 0.343 bits per heavy atom. The van der Waals surface area contributed by atoms with Crippen molar-refractivity contribution in [1.82, 2.24) is 0 Å². The fourth-order valence-electron chi connectivity index (χ4n) is 15.0. The van der Waals surface area contributed by atoms with Gasteiger partial charge in [0.05, 0.1) is 92.0 Å². The van der Waals surface area contributed by atoms with Gasteiger partial charge in [-0.2, -0.15) is 0 Å². The number of rotatable bonds is 36. The number of nitrogens with zero attached hydrogens (tertiary/aromatic N) is 3. The summed E-state index contributed by atoms with van der Waals surface area (Å²) in [4.78, 5) is 23.5. The van der Waals surface area contributed by atoms with E-state index in [2.05, 4.69) is 162 Å². The predicted molar refractivity (Wildman–Crippen MR) is 555 cm³/mol. The number of aldehydes is 1. The SMILES string of the molecule is CCCCC.CCOCC.CCOP(=O)(Cc1ccc(COP=O)cc1)OCC.COc1ccc(N(c2ccc(OC)cc2)c2ccc(-c3sc(/C=C/c4ccc(/C=C/c5sc(-c6ccc(N(c7ccc(CO)cc7)c7ccc(CO)cc7)cc6)c6c5OCCO6)cc4)c4c3OCCO4)cc2)cc1.COc1ccc(N(c2ccc(OC)cc2)c2ccc(-c3sc(C=O)c4c3OCCO4)cc2)cc1. The zero-order chi connectivity index (χ0) is 96.3. The number of hydrogen-bond acceptors (Lipinski definition) is 25. The van der Waals surface area contributed by atoms with Crippen molar-refractivity contribution in [2.24, 2.45) is 0 Å². The highest BCUT2D eigenvalue weighted by atomic mass is 32.1. The second-order valence-corrected chi connectivity index (χ2v) is 36.5. The fraction of sp³-hybridized carbons (Fsp3) is 0.245. The molecule has 0 unspecified atom stereocenters. The number of thiophene rings is 3. The molecule has 0 saturated heterocycles.